The van der Waals surface area contributed by atoms with Crippen molar-refractivity contribution in [2.24, 2.45) is 0 Å². The Bertz CT molecular complexity index is 335. The molecule has 1 aromatic heterocycles. The van der Waals surface area contributed by atoms with Crippen molar-refractivity contribution in [1.29, 1.82) is 0 Å². The summed E-state index contributed by atoms with van der Waals surface area (Å²) in [6.07, 6.45) is 1.64. The van der Waals surface area contributed by atoms with Crippen LogP contribution >= 0.6 is 11.5 Å². The van der Waals surface area contributed by atoms with Crippen LogP contribution in [0.1, 0.15) is 4.88 Å². The van der Waals surface area contributed by atoms with Crippen LogP contribution in [0.4, 0.5) is 0 Å². The zero-order valence-corrected chi connectivity index (χ0v) is 8.08. The second kappa shape index (κ2) is 3.81. The number of hydrogen-bond donors (Lipinski definition) is 1. The molecule has 0 unspecified atom stereocenters. The van der Waals surface area contributed by atoms with Crippen molar-refractivity contribution in [1.82, 2.24) is 19.8 Å². The highest BCUT2D eigenvalue weighted by atomic mass is 32.1. The Labute approximate surface area is 84.1 Å². The molecule has 0 saturated carbocycles. The first-order valence-corrected chi connectivity index (χ1v) is 4.82. The van der Waals surface area contributed by atoms with Gasteiger partial charge >= 0.3 is 0 Å². The van der Waals surface area contributed by atoms with E-state index in [0.29, 0.717) is 6.54 Å². The summed E-state index contributed by atoms with van der Waals surface area (Å²) in [4.78, 5) is 24.7. The molecule has 74 valence electrons. The lowest BCUT2D eigenvalue weighted by molar-refractivity contribution is -0.136. The number of imide groups is 1. The van der Waals surface area contributed by atoms with Crippen LogP contribution in [0, 0.1) is 0 Å². The van der Waals surface area contributed by atoms with E-state index in [1.54, 1.807) is 11.1 Å². The van der Waals surface area contributed by atoms with E-state index >= 15 is 0 Å². The SMILES string of the molecule is O=C1CN(Cc2cnns2)CC(=O)N1. The third kappa shape index (κ3) is 2.12. The number of piperazine rings is 1. The zero-order valence-electron chi connectivity index (χ0n) is 7.27. The molecule has 0 atom stereocenters. The fourth-order valence-electron chi connectivity index (χ4n) is 1.29. The third-order valence-electron chi connectivity index (χ3n) is 1.80. The van der Waals surface area contributed by atoms with Crippen molar-refractivity contribution in [3.63, 3.8) is 0 Å². The summed E-state index contributed by atoms with van der Waals surface area (Å²) in [6.45, 7) is 1.06. The van der Waals surface area contributed by atoms with Gasteiger partial charge in [0.25, 0.3) is 0 Å². The van der Waals surface area contributed by atoms with Gasteiger partial charge in [0.15, 0.2) is 0 Å². The molecule has 0 aromatic carbocycles. The monoisotopic (exact) mass is 212 g/mol. The molecule has 1 N–H and O–H groups in total. The van der Waals surface area contributed by atoms with Gasteiger partial charge in [0, 0.05) is 6.54 Å². The first kappa shape index (κ1) is 9.22. The van der Waals surface area contributed by atoms with Crippen molar-refractivity contribution < 1.29 is 9.59 Å². The van der Waals surface area contributed by atoms with Gasteiger partial charge < -0.3 is 0 Å². The minimum atomic E-state index is -0.251. The van der Waals surface area contributed by atoms with E-state index in [9.17, 15) is 9.59 Å². The van der Waals surface area contributed by atoms with E-state index in [2.05, 4.69) is 14.9 Å². The average Bonchev–Trinajstić information content (AvgIpc) is 2.54. The largest absolute Gasteiger partial charge is 0.294 e. The maximum atomic E-state index is 11.0. The van der Waals surface area contributed by atoms with Crippen LogP contribution < -0.4 is 5.32 Å². The number of carbonyl (C=O) groups excluding carboxylic acids is 2. The summed E-state index contributed by atoms with van der Waals surface area (Å²) in [5, 5.41) is 5.92. The van der Waals surface area contributed by atoms with Gasteiger partial charge in [-0.1, -0.05) is 4.49 Å². The molecule has 2 heterocycles. The fourth-order valence-corrected chi connectivity index (χ4v) is 1.82. The minimum absolute atomic E-state index is 0.251. The molecular weight excluding hydrogens is 204 g/mol. The Hall–Kier alpha value is -1.34. The van der Waals surface area contributed by atoms with Crippen molar-refractivity contribution >= 4 is 23.3 Å². The maximum Gasteiger partial charge on any atom is 0.240 e. The molecule has 0 radical (unpaired) electrons. The van der Waals surface area contributed by atoms with Gasteiger partial charge in [-0.25, -0.2) is 0 Å². The molecule has 1 saturated heterocycles. The van der Waals surface area contributed by atoms with Gasteiger partial charge in [0.2, 0.25) is 11.8 Å². The van der Waals surface area contributed by atoms with Gasteiger partial charge in [-0.3, -0.25) is 19.8 Å². The van der Waals surface area contributed by atoms with E-state index in [1.807, 2.05) is 0 Å². The molecule has 1 fully saturated rings. The molecule has 7 heteroatoms. The highest BCUT2D eigenvalue weighted by Crippen LogP contribution is 2.07. The molecule has 1 aliphatic heterocycles. The lowest BCUT2D eigenvalue weighted by atomic mass is 10.3. The van der Waals surface area contributed by atoms with Crippen LogP contribution in [0.25, 0.3) is 0 Å². The number of carbonyl (C=O) groups is 2. The van der Waals surface area contributed by atoms with Crippen molar-refractivity contribution in [3.8, 4) is 0 Å². The number of aromatic nitrogens is 2. The van der Waals surface area contributed by atoms with Crippen LogP contribution in [-0.4, -0.2) is 39.4 Å². The number of rotatable bonds is 2. The zero-order chi connectivity index (χ0) is 9.97. The molecule has 1 aliphatic rings. The molecule has 0 spiro atoms. The summed E-state index contributed by atoms with van der Waals surface area (Å²) in [5.74, 6) is -0.502. The quantitative estimate of drug-likeness (QED) is 0.636. The van der Waals surface area contributed by atoms with Gasteiger partial charge in [-0.05, 0) is 11.5 Å². The highest BCUT2D eigenvalue weighted by Gasteiger charge is 2.22. The Morgan fingerprint density at radius 3 is 2.71 bits per heavy atom. The molecular formula is C7H8N4O2S. The number of amides is 2. The van der Waals surface area contributed by atoms with Crippen molar-refractivity contribution in [2.75, 3.05) is 13.1 Å². The minimum Gasteiger partial charge on any atom is -0.294 e. The summed E-state index contributed by atoms with van der Waals surface area (Å²) in [6, 6.07) is 0. The van der Waals surface area contributed by atoms with E-state index in [-0.39, 0.29) is 24.9 Å². The van der Waals surface area contributed by atoms with Gasteiger partial charge in [0.1, 0.15) is 0 Å². The predicted molar refractivity (Wildman–Crippen MR) is 48.3 cm³/mol. The Kier molecular flexibility index (Phi) is 2.51. The van der Waals surface area contributed by atoms with E-state index in [0.717, 1.165) is 4.88 Å². The van der Waals surface area contributed by atoms with E-state index < -0.39 is 0 Å². The van der Waals surface area contributed by atoms with Crippen LogP contribution in [0.3, 0.4) is 0 Å². The number of nitrogens with zero attached hydrogens (tertiary/aromatic N) is 3. The summed E-state index contributed by atoms with van der Waals surface area (Å²) in [7, 11) is 0. The third-order valence-corrected chi connectivity index (χ3v) is 2.44. The topological polar surface area (TPSA) is 75.2 Å². The lowest BCUT2D eigenvalue weighted by Gasteiger charge is -2.23. The standard InChI is InChI=1S/C7H8N4O2S/c12-6-3-11(4-7(13)9-6)2-5-1-8-10-14-5/h1H,2-4H2,(H,9,12,13). The highest BCUT2D eigenvalue weighted by molar-refractivity contribution is 7.05. The molecule has 2 amide bonds. The van der Waals surface area contributed by atoms with Gasteiger partial charge in [-0.15, -0.1) is 5.10 Å². The van der Waals surface area contributed by atoms with Crippen molar-refractivity contribution in [3.05, 3.63) is 11.1 Å². The summed E-state index contributed by atoms with van der Waals surface area (Å²) in [5.41, 5.74) is 0. The Morgan fingerprint density at radius 2 is 2.14 bits per heavy atom. The average molecular weight is 212 g/mol. The van der Waals surface area contributed by atoms with Gasteiger partial charge in [-0.2, -0.15) is 0 Å². The predicted octanol–water partition coefficient (Wildman–Crippen LogP) is -1.00. The first-order valence-electron chi connectivity index (χ1n) is 4.05. The van der Waals surface area contributed by atoms with Crippen molar-refractivity contribution in [2.45, 2.75) is 6.54 Å². The molecule has 0 bridgehead atoms. The summed E-state index contributed by atoms with van der Waals surface area (Å²) >= 11 is 1.27. The molecule has 0 aliphatic carbocycles. The van der Waals surface area contributed by atoms with Crippen LogP contribution in [0.5, 0.6) is 0 Å². The first-order chi connectivity index (χ1) is 6.74. The lowest BCUT2D eigenvalue weighted by Crippen LogP contribution is -2.50. The van der Waals surface area contributed by atoms with E-state index in [4.69, 9.17) is 0 Å². The van der Waals surface area contributed by atoms with E-state index in [1.165, 1.54) is 11.5 Å². The molecule has 2 rings (SSSR count). The van der Waals surface area contributed by atoms with Crippen LogP contribution in [0.15, 0.2) is 6.20 Å². The normalized spacial score (nSPS) is 18.3. The molecule has 1 aromatic rings. The molecule has 14 heavy (non-hydrogen) atoms. The fraction of sp³-hybridized carbons (Fsp3) is 0.429. The van der Waals surface area contributed by atoms with Crippen LogP contribution in [0.2, 0.25) is 0 Å². The van der Waals surface area contributed by atoms with Crippen LogP contribution in [-0.2, 0) is 16.1 Å². The number of nitrogens with one attached hydrogen (secondary N) is 1. The summed E-state index contributed by atoms with van der Waals surface area (Å²) < 4.78 is 3.71. The van der Waals surface area contributed by atoms with Gasteiger partial charge in [0.05, 0.1) is 24.2 Å². The smallest absolute Gasteiger partial charge is 0.240 e. The number of hydrogen-bond acceptors (Lipinski definition) is 6. The second-order valence-corrected chi connectivity index (χ2v) is 3.87. The Balaban J connectivity index is 1.98. The Morgan fingerprint density at radius 1 is 1.43 bits per heavy atom. The maximum absolute atomic E-state index is 11.0. The second-order valence-electron chi connectivity index (χ2n) is 3.00. The molecule has 6 nitrogen and oxygen atoms in total.